The molecule has 0 fully saturated rings. The van der Waals surface area contributed by atoms with Gasteiger partial charge in [-0.15, -0.1) is 12.4 Å². The van der Waals surface area contributed by atoms with Crippen LogP contribution in [0.3, 0.4) is 0 Å². The fourth-order valence-corrected chi connectivity index (χ4v) is 1.13. The number of ether oxygens (including phenoxy) is 1. The molecule has 0 aliphatic heterocycles. The zero-order chi connectivity index (χ0) is 12.0. The molecule has 0 bridgehead atoms. The van der Waals surface area contributed by atoms with Gasteiger partial charge in [-0.25, -0.2) is 0 Å². The molecule has 1 amide bonds. The number of methoxy groups -OCH3 is 1. The van der Waals surface area contributed by atoms with E-state index in [0.717, 1.165) is 5.56 Å². The van der Waals surface area contributed by atoms with Gasteiger partial charge in [-0.2, -0.15) is 0 Å². The summed E-state index contributed by atoms with van der Waals surface area (Å²) in [4.78, 5) is 22.1. The number of esters is 1. The summed E-state index contributed by atoms with van der Waals surface area (Å²) in [6.45, 7) is 0.455. The van der Waals surface area contributed by atoms with Crippen molar-refractivity contribution in [1.29, 1.82) is 0 Å². The summed E-state index contributed by atoms with van der Waals surface area (Å²) >= 11 is 0. The van der Waals surface area contributed by atoms with Crippen LogP contribution in [0.2, 0.25) is 0 Å². The van der Waals surface area contributed by atoms with Crippen molar-refractivity contribution in [3.8, 4) is 0 Å². The average molecular weight is 259 g/mol. The normalized spacial score (nSPS) is 9.06. The third-order valence-corrected chi connectivity index (χ3v) is 2.01. The molecule has 0 spiro atoms. The van der Waals surface area contributed by atoms with Crippen molar-refractivity contribution >= 4 is 30.0 Å². The highest BCUT2D eigenvalue weighted by molar-refractivity contribution is 6.01. The Morgan fingerprint density at radius 1 is 1.29 bits per heavy atom. The minimum absolute atomic E-state index is 0. The van der Waals surface area contributed by atoms with Crippen molar-refractivity contribution in [2.24, 2.45) is 5.73 Å². The van der Waals surface area contributed by atoms with Crippen LogP contribution >= 0.6 is 12.4 Å². The molecular weight excluding hydrogens is 244 g/mol. The monoisotopic (exact) mass is 258 g/mol. The second kappa shape index (κ2) is 7.65. The van der Waals surface area contributed by atoms with Crippen LogP contribution in [0.4, 0.5) is 5.69 Å². The number of carbonyl (C=O) groups excluding carboxylic acids is 2. The molecule has 0 unspecified atom stereocenters. The average Bonchev–Trinajstić information content (AvgIpc) is 2.29. The Hall–Kier alpha value is -1.59. The zero-order valence-electron chi connectivity index (χ0n) is 9.43. The number of nitrogens with two attached hydrogens (primary N) is 1. The smallest absolute Gasteiger partial charge is 0.315 e. The lowest BCUT2D eigenvalue weighted by Crippen LogP contribution is -2.17. The molecule has 1 aromatic rings. The van der Waals surface area contributed by atoms with E-state index in [1.54, 1.807) is 12.1 Å². The van der Waals surface area contributed by atoms with E-state index in [2.05, 4.69) is 10.1 Å². The maximum Gasteiger partial charge on any atom is 0.315 e. The largest absolute Gasteiger partial charge is 0.469 e. The number of carbonyl (C=O) groups is 2. The summed E-state index contributed by atoms with van der Waals surface area (Å²) in [5.74, 6) is -0.955. The second-order valence-electron chi connectivity index (χ2n) is 3.20. The Bertz CT molecular complexity index is 379. The lowest BCUT2D eigenvalue weighted by Gasteiger charge is -2.05. The minimum atomic E-state index is -0.559. The summed E-state index contributed by atoms with van der Waals surface area (Å²) in [5.41, 5.74) is 7.04. The molecule has 0 aromatic heterocycles. The van der Waals surface area contributed by atoms with Crippen LogP contribution in [-0.4, -0.2) is 19.0 Å². The molecule has 0 aliphatic carbocycles. The summed E-state index contributed by atoms with van der Waals surface area (Å²) < 4.78 is 4.38. The molecule has 1 aromatic carbocycles. The maximum atomic E-state index is 11.3. The van der Waals surface area contributed by atoms with Crippen molar-refractivity contribution < 1.29 is 14.3 Å². The first-order valence-electron chi connectivity index (χ1n) is 4.81. The highest BCUT2D eigenvalue weighted by atomic mass is 35.5. The molecule has 0 heterocycles. The lowest BCUT2D eigenvalue weighted by molar-refractivity contribution is -0.142. The van der Waals surface area contributed by atoms with Gasteiger partial charge in [0.2, 0.25) is 5.91 Å². The van der Waals surface area contributed by atoms with E-state index in [0.29, 0.717) is 12.2 Å². The summed E-state index contributed by atoms with van der Waals surface area (Å²) in [6, 6.07) is 7.09. The summed E-state index contributed by atoms with van der Waals surface area (Å²) in [7, 11) is 1.24. The van der Waals surface area contributed by atoms with Crippen molar-refractivity contribution in [3.05, 3.63) is 29.8 Å². The highest BCUT2D eigenvalue weighted by Gasteiger charge is 2.09. The molecule has 0 aliphatic rings. The Labute approximate surface area is 106 Å². The molecule has 0 saturated carbocycles. The fraction of sp³-hybridized carbons (Fsp3) is 0.273. The number of rotatable bonds is 4. The van der Waals surface area contributed by atoms with E-state index in [4.69, 9.17) is 5.73 Å². The van der Waals surface area contributed by atoms with Gasteiger partial charge in [-0.1, -0.05) is 12.1 Å². The molecule has 17 heavy (non-hydrogen) atoms. The molecule has 0 atom stereocenters. The minimum Gasteiger partial charge on any atom is -0.469 e. The van der Waals surface area contributed by atoms with Crippen LogP contribution in [0.15, 0.2) is 24.3 Å². The number of hydrogen-bond acceptors (Lipinski definition) is 4. The number of halogens is 1. The molecule has 0 radical (unpaired) electrons. The van der Waals surface area contributed by atoms with Gasteiger partial charge in [-0.05, 0) is 17.7 Å². The van der Waals surface area contributed by atoms with E-state index >= 15 is 0 Å². The Morgan fingerprint density at radius 2 is 1.88 bits per heavy atom. The van der Waals surface area contributed by atoms with Crippen LogP contribution < -0.4 is 11.1 Å². The van der Waals surface area contributed by atoms with Gasteiger partial charge in [0, 0.05) is 12.2 Å². The predicted octanol–water partition coefficient (Wildman–Crippen LogP) is 1.07. The third kappa shape index (κ3) is 5.33. The van der Waals surface area contributed by atoms with Crippen molar-refractivity contribution in [1.82, 2.24) is 0 Å². The quantitative estimate of drug-likeness (QED) is 0.625. The Morgan fingerprint density at radius 3 is 2.35 bits per heavy atom. The van der Waals surface area contributed by atoms with E-state index in [1.165, 1.54) is 7.11 Å². The number of amides is 1. The molecule has 0 saturated heterocycles. The van der Waals surface area contributed by atoms with Crippen LogP contribution in [-0.2, 0) is 20.9 Å². The van der Waals surface area contributed by atoms with Gasteiger partial charge in [0.15, 0.2) is 0 Å². The van der Waals surface area contributed by atoms with Crippen molar-refractivity contribution in [2.75, 3.05) is 12.4 Å². The lowest BCUT2D eigenvalue weighted by atomic mass is 10.2. The first-order valence-corrected chi connectivity index (χ1v) is 4.81. The van der Waals surface area contributed by atoms with Crippen LogP contribution in [0.5, 0.6) is 0 Å². The van der Waals surface area contributed by atoms with Crippen molar-refractivity contribution in [2.45, 2.75) is 13.0 Å². The highest BCUT2D eigenvalue weighted by Crippen LogP contribution is 2.09. The van der Waals surface area contributed by atoms with Crippen LogP contribution in [0.1, 0.15) is 12.0 Å². The molecule has 3 N–H and O–H groups in total. The van der Waals surface area contributed by atoms with Gasteiger partial charge in [-0.3, -0.25) is 9.59 Å². The first kappa shape index (κ1) is 15.4. The number of hydrogen-bond donors (Lipinski definition) is 2. The first-order chi connectivity index (χ1) is 7.65. The maximum absolute atomic E-state index is 11.3. The van der Waals surface area contributed by atoms with Crippen LogP contribution in [0, 0.1) is 0 Å². The number of nitrogens with one attached hydrogen (secondary N) is 1. The standard InChI is InChI=1S/C11H14N2O3.ClH/c1-16-11(15)6-10(14)13-9-4-2-8(7-12)3-5-9;/h2-5H,6-7,12H2,1H3,(H,13,14);1H. The SMILES string of the molecule is COC(=O)CC(=O)Nc1ccc(CN)cc1.Cl. The van der Waals surface area contributed by atoms with E-state index in [-0.39, 0.29) is 18.8 Å². The predicted molar refractivity (Wildman–Crippen MR) is 66.8 cm³/mol. The van der Waals surface area contributed by atoms with Crippen LogP contribution in [0.25, 0.3) is 0 Å². The van der Waals surface area contributed by atoms with Gasteiger partial charge in [0.25, 0.3) is 0 Å². The van der Waals surface area contributed by atoms with E-state index in [1.807, 2.05) is 12.1 Å². The number of anilines is 1. The van der Waals surface area contributed by atoms with E-state index < -0.39 is 11.9 Å². The molecule has 5 nitrogen and oxygen atoms in total. The van der Waals surface area contributed by atoms with E-state index in [9.17, 15) is 9.59 Å². The molecule has 1 rings (SSSR count). The molecular formula is C11H15ClN2O3. The van der Waals surface area contributed by atoms with Gasteiger partial charge >= 0.3 is 5.97 Å². The topological polar surface area (TPSA) is 81.4 Å². The Kier molecular flexibility index (Phi) is 6.93. The summed E-state index contributed by atoms with van der Waals surface area (Å²) in [6.07, 6.45) is -0.283. The fourth-order valence-electron chi connectivity index (χ4n) is 1.13. The molecule has 94 valence electrons. The van der Waals surface area contributed by atoms with Gasteiger partial charge < -0.3 is 15.8 Å². The number of benzene rings is 1. The Balaban J connectivity index is 0.00000256. The van der Waals surface area contributed by atoms with Gasteiger partial charge in [0.1, 0.15) is 6.42 Å². The third-order valence-electron chi connectivity index (χ3n) is 2.01. The summed E-state index contributed by atoms with van der Waals surface area (Å²) in [5, 5.41) is 2.58. The van der Waals surface area contributed by atoms with Crippen molar-refractivity contribution in [3.63, 3.8) is 0 Å². The second-order valence-corrected chi connectivity index (χ2v) is 3.20. The zero-order valence-corrected chi connectivity index (χ0v) is 10.3. The van der Waals surface area contributed by atoms with Gasteiger partial charge in [0.05, 0.1) is 7.11 Å². The molecule has 6 heteroatoms.